The molecule has 0 aliphatic heterocycles. The van der Waals surface area contributed by atoms with Crippen LogP contribution in [0.3, 0.4) is 0 Å². The van der Waals surface area contributed by atoms with Crippen LogP contribution in [0.2, 0.25) is 0 Å². The van der Waals surface area contributed by atoms with E-state index in [1.54, 1.807) is 6.20 Å². The second-order valence-corrected chi connectivity index (χ2v) is 7.45. The van der Waals surface area contributed by atoms with E-state index < -0.39 is 10.0 Å². The maximum absolute atomic E-state index is 11.0. The van der Waals surface area contributed by atoms with Crippen LogP contribution in [-0.4, -0.2) is 32.7 Å². The minimum Gasteiger partial charge on any atom is -0.396 e. The number of hydrogen-bond donors (Lipinski definition) is 3. The van der Waals surface area contributed by atoms with Gasteiger partial charge in [0.05, 0.1) is 29.3 Å². The van der Waals surface area contributed by atoms with Gasteiger partial charge in [0.2, 0.25) is 10.0 Å². The van der Waals surface area contributed by atoms with Crippen molar-refractivity contribution in [3.63, 3.8) is 0 Å². The third-order valence-electron chi connectivity index (χ3n) is 2.88. The molecule has 2 aromatic rings. The number of sulfonamides is 1. The van der Waals surface area contributed by atoms with Gasteiger partial charge in [0.25, 0.3) is 0 Å². The first kappa shape index (κ1) is 16.0. The van der Waals surface area contributed by atoms with E-state index in [-0.39, 0.29) is 0 Å². The zero-order chi connectivity index (χ0) is 15.5. The summed E-state index contributed by atoms with van der Waals surface area (Å²) in [6.07, 6.45) is 3.42. The number of benzene rings is 1. The lowest BCUT2D eigenvalue weighted by Gasteiger charge is -2.12. The highest BCUT2D eigenvalue weighted by atomic mass is 79.9. The highest BCUT2D eigenvalue weighted by Crippen LogP contribution is 2.29. The Bertz CT molecular complexity index is 744. The van der Waals surface area contributed by atoms with Crippen LogP contribution >= 0.6 is 15.9 Å². The fraction of sp³-hybridized carbons (Fsp3) is 0.308. The van der Waals surface area contributed by atoms with Crippen molar-refractivity contribution in [2.24, 2.45) is 0 Å². The standard InChI is InChI=1S/C13H17BrN4O2S/c1-21(19,20)18-6-2-5-16-13-10-7-9(14)3-4-12(10)17-8-11(13)15/h3-4,7-8,18H,2,5-6,15H2,1H3,(H,16,17). The maximum atomic E-state index is 11.0. The van der Waals surface area contributed by atoms with E-state index in [1.807, 2.05) is 18.2 Å². The number of nitrogen functional groups attached to an aromatic ring is 1. The molecule has 0 bridgehead atoms. The maximum Gasteiger partial charge on any atom is 0.208 e. The molecule has 0 unspecified atom stereocenters. The van der Waals surface area contributed by atoms with Crippen molar-refractivity contribution in [3.05, 3.63) is 28.9 Å². The first-order valence-electron chi connectivity index (χ1n) is 6.39. The number of nitrogens with one attached hydrogen (secondary N) is 2. The number of rotatable bonds is 6. The van der Waals surface area contributed by atoms with Crippen LogP contribution in [-0.2, 0) is 10.0 Å². The largest absolute Gasteiger partial charge is 0.396 e. The van der Waals surface area contributed by atoms with E-state index in [2.05, 4.69) is 31.0 Å². The lowest BCUT2D eigenvalue weighted by molar-refractivity contribution is 0.586. The van der Waals surface area contributed by atoms with Crippen LogP contribution in [0.15, 0.2) is 28.9 Å². The summed E-state index contributed by atoms with van der Waals surface area (Å²) < 4.78 is 25.3. The van der Waals surface area contributed by atoms with E-state index >= 15 is 0 Å². The molecule has 6 nitrogen and oxygen atoms in total. The van der Waals surface area contributed by atoms with Crippen molar-refractivity contribution < 1.29 is 8.42 Å². The molecule has 4 N–H and O–H groups in total. The monoisotopic (exact) mass is 372 g/mol. The number of nitrogens with zero attached hydrogens (tertiary/aromatic N) is 1. The van der Waals surface area contributed by atoms with Crippen molar-refractivity contribution in [1.29, 1.82) is 0 Å². The number of nitrogens with two attached hydrogens (primary N) is 1. The number of halogens is 1. The minimum atomic E-state index is -3.14. The molecule has 8 heteroatoms. The summed E-state index contributed by atoms with van der Waals surface area (Å²) in [5.41, 5.74) is 8.21. The molecule has 0 aliphatic carbocycles. The Balaban J connectivity index is 2.07. The third kappa shape index (κ3) is 4.55. The van der Waals surface area contributed by atoms with Gasteiger partial charge in [0, 0.05) is 22.9 Å². The summed E-state index contributed by atoms with van der Waals surface area (Å²) in [6.45, 7) is 0.997. The number of hydrogen-bond acceptors (Lipinski definition) is 5. The molecule has 0 saturated heterocycles. The summed E-state index contributed by atoms with van der Waals surface area (Å²) in [5, 5.41) is 4.18. The molecule has 0 radical (unpaired) electrons. The molecule has 1 aromatic carbocycles. The summed E-state index contributed by atoms with van der Waals surface area (Å²) in [4.78, 5) is 4.28. The smallest absolute Gasteiger partial charge is 0.208 e. The van der Waals surface area contributed by atoms with Crippen molar-refractivity contribution in [1.82, 2.24) is 9.71 Å². The fourth-order valence-corrected chi connectivity index (χ4v) is 2.81. The molecular weight excluding hydrogens is 356 g/mol. The summed E-state index contributed by atoms with van der Waals surface area (Å²) in [5.74, 6) is 0. The van der Waals surface area contributed by atoms with E-state index in [1.165, 1.54) is 0 Å². The third-order valence-corrected chi connectivity index (χ3v) is 4.10. The SMILES string of the molecule is CS(=O)(=O)NCCCNc1c(N)cnc2ccc(Br)cc12. The molecule has 1 heterocycles. The lowest BCUT2D eigenvalue weighted by atomic mass is 10.1. The average Bonchev–Trinajstić information content (AvgIpc) is 2.39. The fourth-order valence-electron chi connectivity index (χ4n) is 1.94. The Labute approximate surface area is 132 Å². The topological polar surface area (TPSA) is 97.1 Å². The Morgan fingerprint density at radius 1 is 1.33 bits per heavy atom. The summed E-state index contributed by atoms with van der Waals surface area (Å²) >= 11 is 3.43. The second kappa shape index (κ2) is 6.59. The van der Waals surface area contributed by atoms with Gasteiger partial charge in [-0.1, -0.05) is 15.9 Å². The van der Waals surface area contributed by atoms with E-state index in [4.69, 9.17) is 5.73 Å². The molecule has 0 fully saturated rings. The van der Waals surface area contributed by atoms with Crippen LogP contribution in [0.5, 0.6) is 0 Å². The van der Waals surface area contributed by atoms with Crippen LogP contribution < -0.4 is 15.8 Å². The van der Waals surface area contributed by atoms with Gasteiger partial charge in [-0.3, -0.25) is 4.98 Å². The highest BCUT2D eigenvalue weighted by Gasteiger charge is 2.07. The number of fused-ring (bicyclic) bond motifs is 1. The van der Waals surface area contributed by atoms with Gasteiger partial charge in [0.1, 0.15) is 0 Å². The normalized spacial score (nSPS) is 11.7. The lowest BCUT2D eigenvalue weighted by Crippen LogP contribution is -2.24. The zero-order valence-electron chi connectivity index (χ0n) is 11.6. The Morgan fingerprint density at radius 3 is 2.81 bits per heavy atom. The minimum absolute atomic E-state index is 0.387. The number of aromatic nitrogens is 1. The Kier molecular flexibility index (Phi) is 5.02. The van der Waals surface area contributed by atoms with Crippen molar-refractivity contribution >= 4 is 48.2 Å². The van der Waals surface area contributed by atoms with Gasteiger partial charge in [-0.2, -0.15) is 0 Å². The van der Waals surface area contributed by atoms with Gasteiger partial charge in [0.15, 0.2) is 0 Å². The first-order chi connectivity index (χ1) is 9.87. The van der Waals surface area contributed by atoms with Crippen molar-refractivity contribution in [3.8, 4) is 0 Å². The number of pyridine rings is 1. The molecule has 0 aliphatic rings. The summed E-state index contributed by atoms with van der Waals surface area (Å²) in [7, 11) is -3.14. The van der Waals surface area contributed by atoms with Gasteiger partial charge in [-0.25, -0.2) is 13.1 Å². The molecule has 0 atom stereocenters. The van der Waals surface area contributed by atoms with E-state index in [9.17, 15) is 8.42 Å². The second-order valence-electron chi connectivity index (χ2n) is 4.70. The first-order valence-corrected chi connectivity index (χ1v) is 9.07. The zero-order valence-corrected chi connectivity index (χ0v) is 14.0. The van der Waals surface area contributed by atoms with Crippen LogP contribution in [0.4, 0.5) is 11.4 Å². The van der Waals surface area contributed by atoms with Gasteiger partial charge < -0.3 is 11.1 Å². The highest BCUT2D eigenvalue weighted by molar-refractivity contribution is 9.10. The van der Waals surface area contributed by atoms with E-state index in [0.717, 1.165) is 27.3 Å². The molecule has 114 valence electrons. The Morgan fingerprint density at radius 2 is 2.10 bits per heavy atom. The molecule has 0 amide bonds. The molecule has 0 saturated carbocycles. The Hall–Kier alpha value is -1.38. The molecular formula is C13H17BrN4O2S. The average molecular weight is 373 g/mol. The van der Waals surface area contributed by atoms with Crippen LogP contribution in [0.1, 0.15) is 6.42 Å². The van der Waals surface area contributed by atoms with Crippen molar-refractivity contribution in [2.75, 3.05) is 30.4 Å². The van der Waals surface area contributed by atoms with Gasteiger partial charge in [-0.05, 0) is 24.6 Å². The number of anilines is 2. The van der Waals surface area contributed by atoms with Crippen LogP contribution in [0.25, 0.3) is 10.9 Å². The van der Waals surface area contributed by atoms with Gasteiger partial charge in [-0.15, -0.1) is 0 Å². The molecule has 1 aromatic heterocycles. The summed E-state index contributed by atoms with van der Waals surface area (Å²) in [6, 6.07) is 5.79. The van der Waals surface area contributed by atoms with E-state index in [0.29, 0.717) is 25.2 Å². The van der Waals surface area contributed by atoms with Gasteiger partial charge >= 0.3 is 0 Å². The van der Waals surface area contributed by atoms with Crippen molar-refractivity contribution in [2.45, 2.75) is 6.42 Å². The predicted molar refractivity (Wildman–Crippen MR) is 89.8 cm³/mol. The van der Waals surface area contributed by atoms with Crippen LogP contribution in [0, 0.1) is 0 Å². The molecule has 0 spiro atoms. The molecule has 2 rings (SSSR count). The molecule has 21 heavy (non-hydrogen) atoms. The predicted octanol–water partition coefficient (Wildman–Crippen LogP) is 1.93. The quantitative estimate of drug-likeness (QED) is 0.673.